The van der Waals surface area contributed by atoms with Gasteiger partial charge in [0.05, 0.1) is 0 Å². The predicted molar refractivity (Wildman–Crippen MR) is 60.8 cm³/mol. The van der Waals surface area contributed by atoms with Gasteiger partial charge in [-0.25, -0.2) is 0 Å². The Labute approximate surface area is 89.9 Å². The molecule has 15 heavy (non-hydrogen) atoms. The topological polar surface area (TPSA) is 48.0 Å². The smallest absolute Gasteiger partial charge is 0.253 e. The molecule has 0 amide bonds. The Morgan fingerprint density at radius 1 is 1.53 bits per heavy atom. The van der Waals surface area contributed by atoms with Gasteiger partial charge in [-0.1, -0.05) is 6.07 Å². The van der Waals surface area contributed by atoms with E-state index in [0.29, 0.717) is 5.41 Å². The third-order valence-corrected chi connectivity index (χ3v) is 3.35. The SMILES string of the molecule is Cc1cccn(CC2(CCN)CC2)c1=O. The minimum absolute atomic E-state index is 0.140. The minimum Gasteiger partial charge on any atom is -0.330 e. The van der Waals surface area contributed by atoms with Gasteiger partial charge in [0.2, 0.25) is 0 Å². The van der Waals surface area contributed by atoms with Crippen LogP contribution in [0, 0.1) is 12.3 Å². The first-order valence-electron chi connectivity index (χ1n) is 5.53. The summed E-state index contributed by atoms with van der Waals surface area (Å²) >= 11 is 0. The Balaban J connectivity index is 2.18. The number of nitrogens with two attached hydrogens (primary N) is 1. The van der Waals surface area contributed by atoms with Crippen LogP contribution in [0.2, 0.25) is 0 Å². The number of rotatable bonds is 4. The fourth-order valence-corrected chi connectivity index (χ4v) is 2.11. The zero-order chi connectivity index (χ0) is 10.9. The minimum atomic E-state index is 0.140. The van der Waals surface area contributed by atoms with Crippen molar-refractivity contribution in [3.05, 3.63) is 34.2 Å². The average molecular weight is 206 g/mol. The Morgan fingerprint density at radius 2 is 2.27 bits per heavy atom. The summed E-state index contributed by atoms with van der Waals surface area (Å²) in [5.74, 6) is 0. The van der Waals surface area contributed by atoms with Crippen LogP contribution < -0.4 is 11.3 Å². The summed E-state index contributed by atoms with van der Waals surface area (Å²) in [5.41, 5.74) is 6.87. The third-order valence-electron chi connectivity index (χ3n) is 3.35. The normalized spacial score (nSPS) is 17.7. The molecule has 1 fully saturated rings. The summed E-state index contributed by atoms with van der Waals surface area (Å²) in [5, 5.41) is 0. The first-order chi connectivity index (χ1) is 7.17. The molecule has 1 aromatic heterocycles. The van der Waals surface area contributed by atoms with Crippen LogP contribution in [0.1, 0.15) is 24.8 Å². The summed E-state index contributed by atoms with van der Waals surface area (Å²) < 4.78 is 1.83. The molecule has 1 aliphatic carbocycles. The van der Waals surface area contributed by atoms with Crippen LogP contribution in [-0.4, -0.2) is 11.1 Å². The number of pyridine rings is 1. The predicted octanol–water partition coefficient (Wildman–Crippen LogP) is 1.29. The van der Waals surface area contributed by atoms with E-state index in [1.54, 1.807) is 0 Å². The highest BCUT2D eigenvalue weighted by Crippen LogP contribution is 2.49. The van der Waals surface area contributed by atoms with E-state index >= 15 is 0 Å². The van der Waals surface area contributed by atoms with Crippen molar-refractivity contribution in [3.8, 4) is 0 Å². The van der Waals surface area contributed by atoms with Crippen LogP contribution in [0.3, 0.4) is 0 Å². The second-order valence-electron chi connectivity index (χ2n) is 4.66. The van der Waals surface area contributed by atoms with Crippen LogP contribution >= 0.6 is 0 Å². The van der Waals surface area contributed by atoms with Crippen LogP contribution in [0.4, 0.5) is 0 Å². The van der Waals surface area contributed by atoms with Crippen LogP contribution in [0.15, 0.2) is 23.1 Å². The lowest BCUT2D eigenvalue weighted by molar-refractivity contribution is 0.391. The van der Waals surface area contributed by atoms with Crippen molar-refractivity contribution in [2.75, 3.05) is 6.54 Å². The molecular formula is C12H18N2O. The van der Waals surface area contributed by atoms with Crippen LogP contribution in [-0.2, 0) is 6.54 Å². The van der Waals surface area contributed by atoms with E-state index in [0.717, 1.165) is 25.1 Å². The van der Waals surface area contributed by atoms with Crippen LogP contribution in [0.25, 0.3) is 0 Å². The van der Waals surface area contributed by atoms with Crippen molar-refractivity contribution in [1.29, 1.82) is 0 Å². The Hall–Kier alpha value is -1.09. The van der Waals surface area contributed by atoms with Gasteiger partial charge < -0.3 is 10.3 Å². The zero-order valence-electron chi connectivity index (χ0n) is 9.20. The van der Waals surface area contributed by atoms with E-state index in [4.69, 9.17) is 5.73 Å². The molecule has 0 bridgehead atoms. The van der Waals surface area contributed by atoms with Crippen molar-refractivity contribution in [3.63, 3.8) is 0 Å². The summed E-state index contributed by atoms with van der Waals surface area (Å²) in [4.78, 5) is 11.8. The summed E-state index contributed by atoms with van der Waals surface area (Å²) in [7, 11) is 0. The molecule has 2 rings (SSSR count). The number of hydrogen-bond acceptors (Lipinski definition) is 2. The van der Waals surface area contributed by atoms with Crippen molar-refractivity contribution in [2.24, 2.45) is 11.1 Å². The molecule has 1 heterocycles. The third kappa shape index (κ3) is 2.12. The monoisotopic (exact) mass is 206 g/mol. The van der Waals surface area contributed by atoms with E-state index in [9.17, 15) is 4.79 Å². The standard InChI is InChI=1S/C12H18N2O/c1-10-3-2-8-14(11(10)15)9-12(4-5-12)6-7-13/h2-3,8H,4-7,9,13H2,1H3. The van der Waals surface area contributed by atoms with Gasteiger partial charge in [-0.15, -0.1) is 0 Å². The zero-order valence-corrected chi connectivity index (χ0v) is 9.20. The molecule has 1 aromatic rings. The van der Waals surface area contributed by atoms with E-state index in [1.807, 2.05) is 29.8 Å². The lowest BCUT2D eigenvalue weighted by Gasteiger charge is -2.15. The van der Waals surface area contributed by atoms with Gasteiger partial charge in [0.15, 0.2) is 0 Å². The van der Waals surface area contributed by atoms with Crippen molar-refractivity contribution in [2.45, 2.75) is 32.7 Å². The highest BCUT2D eigenvalue weighted by molar-refractivity contribution is 5.08. The Bertz CT molecular complexity index is 404. The highest BCUT2D eigenvalue weighted by atomic mass is 16.1. The van der Waals surface area contributed by atoms with Gasteiger partial charge in [-0.3, -0.25) is 4.79 Å². The number of aromatic nitrogens is 1. The summed E-state index contributed by atoms with van der Waals surface area (Å²) in [6.07, 6.45) is 5.34. The first-order valence-corrected chi connectivity index (χ1v) is 5.53. The molecule has 3 heteroatoms. The van der Waals surface area contributed by atoms with Crippen molar-refractivity contribution in [1.82, 2.24) is 4.57 Å². The van der Waals surface area contributed by atoms with Gasteiger partial charge in [-0.05, 0) is 44.2 Å². The van der Waals surface area contributed by atoms with Crippen molar-refractivity contribution >= 4 is 0 Å². The maximum atomic E-state index is 11.8. The quantitative estimate of drug-likeness (QED) is 0.807. The molecule has 0 unspecified atom stereocenters. The second-order valence-corrected chi connectivity index (χ2v) is 4.66. The second kappa shape index (κ2) is 3.81. The molecule has 82 valence electrons. The lowest BCUT2D eigenvalue weighted by atomic mass is 10.0. The number of nitrogens with zero attached hydrogens (tertiary/aromatic N) is 1. The van der Waals surface area contributed by atoms with E-state index < -0.39 is 0 Å². The van der Waals surface area contributed by atoms with Gasteiger partial charge in [0, 0.05) is 18.3 Å². The molecule has 0 saturated heterocycles. The fraction of sp³-hybridized carbons (Fsp3) is 0.583. The molecule has 0 aliphatic heterocycles. The lowest BCUT2D eigenvalue weighted by Crippen LogP contribution is -2.26. The molecule has 0 aromatic carbocycles. The van der Waals surface area contributed by atoms with Gasteiger partial charge in [-0.2, -0.15) is 0 Å². The molecule has 0 atom stereocenters. The Kier molecular flexibility index (Phi) is 2.65. The molecule has 3 nitrogen and oxygen atoms in total. The largest absolute Gasteiger partial charge is 0.330 e. The van der Waals surface area contributed by atoms with E-state index in [1.165, 1.54) is 12.8 Å². The highest BCUT2D eigenvalue weighted by Gasteiger charge is 2.41. The van der Waals surface area contributed by atoms with Gasteiger partial charge in [0.1, 0.15) is 0 Å². The summed E-state index contributed by atoms with van der Waals surface area (Å²) in [6.45, 7) is 3.42. The molecule has 1 aliphatic rings. The average Bonchev–Trinajstić information content (AvgIpc) is 2.94. The number of aryl methyl sites for hydroxylation is 1. The van der Waals surface area contributed by atoms with E-state index in [2.05, 4.69) is 0 Å². The maximum absolute atomic E-state index is 11.8. The summed E-state index contributed by atoms with van der Waals surface area (Å²) in [6, 6.07) is 3.80. The maximum Gasteiger partial charge on any atom is 0.253 e. The first kappa shape index (κ1) is 10.4. The fourth-order valence-electron chi connectivity index (χ4n) is 2.11. The number of hydrogen-bond donors (Lipinski definition) is 1. The molecule has 1 saturated carbocycles. The molecule has 0 spiro atoms. The Morgan fingerprint density at radius 3 is 2.87 bits per heavy atom. The van der Waals surface area contributed by atoms with E-state index in [-0.39, 0.29) is 5.56 Å². The molecule has 2 N–H and O–H groups in total. The molecule has 0 radical (unpaired) electrons. The van der Waals surface area contributed by atoms with Crippen molar-refractivity contribution < 1.29 is 0 Å². The van der Waals surface area contributed by atoms with Gasteiger partial charge >= 0.3 is 0 Å². The van der Waals surface area contributed by atoms with Gasteiger partial charge in [0.25, 0.3) is 5.56 Å². The van der Waals surface area contributed by atoms with Crippen LogP contribution in [0.5, 0.6) is 0 Å². The molecular weight excluding hydrogens is 188 g/mol.